The van der Waals surface area contributed by atoms with E-state index in [2.05, 4.69) is 0 Å². The van der Waals surface area contributed by atoms with Crippen molar-refractivity contribution in [2.45, 2.75) is 32.7 Å². The molecule has 1 rings (SSSR count). The number of benzene rings is 1. The monoisotopic (exact) mass is 255 g/mol. The maximum absolute atomic E-state index is 11.0. The first-order valence-electron chi connectivity index (χ1n) is 5.75. The summed E-state index contributed by atoms with van der Waals surface area (Å²) >= 11 is 6.03. The van der Waals surface area contributed by atoms with Crippen LogP contribution in [0, 0.1) is 0 Å². The molecule has 0 spiro atoms. The first-order valence-corrected chi connectivity index (χ1v) is 6.13. The quantitative estimate of drug-likeness (QED) is 0.872. The van der Waals surface area contributed by atoms with Gasteiger partial charge < -0.3 is 10.0 Å². The van der Waals surface area contributed by atoms with Crippen molar-refractivity contribution in [2.24, 2.45) is 0 Å². The number of aryl methyl sites for hydroxylation is 1. The zero-order chi connectivity index (χ0) is 12.8. The molecule has 4 heteroatoms. The molecule has 0 unspecified atom stereocenters. The van der Waals surface area contributed by atoms with Gasteiger partial charge in [0, 0.05) is 17.6 Å². The Morgan fingerprint density at radius 1 is 1.41 bits per heavy atom. The lowest BCUT2D eigenvalue weighted by molar-refractivity contribution is 0.131. The SMILES string of the molecule is CC(C)N(CCCc1ccccc1Cl)C(=O)O. The second-order valence-electron chi connectivity index (χ2n) is 4.26. The Morgan fingerprint density at radius 3 is 2.59 bits per heavy atom. The summed E-state index contributed by atoms with van der Waals surface area (Å²) in [5.74, 6) is 0. The highest BCUT2D eigenvalue weighted by atomic mass is 35.5. The van der Waals surface area contributed by atoms with Crippen molar-refractivity contribution in [1.82, 2.24) is 4.90 Å². The van der Waals surface area contributed by atoms with E-state index in [9.17, 15) is 4.79 Å². The predicted molar refractivity (Wildman–Crippen MR) is 69.6 cm³/mol. The predicted octanol–water partition coefficient (Wildman–Crippen LogP) is 3.66. The van der Waals surface area contributed by atoms with Crippen LogP contribution in [0.5, 0.6) is 0 Å². The van der Waals surface area contributed by atoms with E-state index in [1.165, 1.54) is 4.90 Å². The lowest BCUT2D eigenvalue weighted by atomic mass is 10.1. The first-order chi connectivity index (χ1) is 8.02. The summed E-state index contributed by atoms with van der Waals surface area (Å²) in [5, 5.41) is 9.74. The van der Waals surface area contributed by atoms with Crippen molar-refractivity contribution in [1.29, 1.82) is 0 Å². The number of amides is 1. The van der Waals surface area contributed by atoms with E-state index >= 15 is 0 Å². The van der Waals surface area contributed by atoms with Crippen LogP contribution in [-0.4, -0.2) is 28.7 Å². The zero-order valence-electron chi connectivity index (χ0n) is 10.2. The van der Waals surface area contributed by atoms with Crippen LogP contribution in [0.25, 0.3) is 0 Å². The highest BCUT2D eigenvalue weighted by Crippen LogP contribution is 2.16. The lowest BCUT2D eigenvalue weighted by Crippen LogP contribution is -2.36. The van der Waals surface area contributed by atoms with Crippen molar-refractivity contribution < 1.29 is 9.90 Å². The smallest absolute Gasteiger partial charge is 0.407 e. The van der Waals surface area contributed by atoms with Gasteiger partial charge in [-0.25, -0.2) is 4.79 Å². The Labute approximate surface area is 107 Å². The summed E-state index contributed by atoms with van der Waals surface area (Å²) in [6, 6.07) is 7.68. The molecule has 0 saturated carbocycles. The van der Waals surface area contributed by atoms with Gasteiger partial charge in [-0.1, -0.05) is 29.8 Å². The van der Waals surface area contributed by atoms with Gasteiger partial charge in [-0.15, -0.1) is 0 Å². The van der Waals surface area contributed by atoms with Crippen molar-refractivity contribution >= 4 is 17.7 Å². The summed E-state index contributed by atoms with van der Waals surface area (Å²) in [6.07, 6.45) is 0.726. The fourth-order valence-corrected chi connectivity index (χ4v) is 1.95. The van der Waals surface area contributed by atoms with Crippen LogP contribution < -0.4 is 0 Å². The Kier molecular flexibility index (Phi) is 5.29. The van der Waals surface area contributed by atoms with E-state index in [0.29, 0.717) is 6.54 Å². The molecule has 17 heavy (non-hydrogen) atoms. The van der Waals surface area contributed by atoms with Gasteiger partial charge in [0.1, 0.15) is 0 Å². The minimum atomic E-state index is -0.862. The van der Waals surface area contributed by atoms with E-state index in [4.69, 9.17) is 16.7 Å². The van der Waals surface area contributed by atoms with Gasteiger partial charge in [0.25, 0.3) is 0 Å². The molecule has 1 amide bonds. The van der Waals surface area contributed by atoms with Crippen LogP contribution in [0.3, 0.4) is 0 Å². The fraction of sp³-hybridized carbons (Fsp3) is 0.462. The van der Waals surface area contributed by atoms with E-state index in [1.807, 2.05) is 38.1 Å². The Morgan fingerprint density at radius 2 is 2.06 bits per heavy atom. The first kappa shape index (κ1) is 13.8. The topological polar surface area (TPSA) is 40.5 Å². The van der Waals surface area contributed by atoms with Crippen LogP contribution in [0.2, 0.25) is 5.02 Å². The molecule has 0 fully saturated rings. The Hall–Kier alpha value is -1.22. The van der Waals surface area contributed by atoms with Crippen LogP contribution in [-0.2, 0) is 6.42 Å². The van der Waals surface area contributed by atoms with Crippen molar-refractivity contribution in [3.63, 3.8) is 0 Å². The third kappa shape index (κ3) is 4.27. The van der Waals surface area contributed by atoms with Gasteiger partial charge in [-0.3, -0.25) is 0 Å². The van der Waals surface area contributed by atoms with E-state index in [0.717, 1.165) is 23.4 Å². The van der Waals surface area contributed by atoms with Crippen LogP contribution in [0.1, 0.15) is 25.8 Å². The highest BCUT2D eigenvalue weighted by molar-refractivity contribution is 6.31. The lowest BCUT2D eigenvalue weighted by Gasteiger charge is -2.23. The van der Waals surface area contributed by atoms with Gasteiger partial charge in [0.2, 0.25) is 0 Å². The molecular weight excluding hydrogens is 238 g/mol. The second kappa shape index (κ2) is 6.50. The van der Waals surface area contributed by atoms with Crippen molar-refractivity contribution in [2.75, 3.05) is 6.54 Å². The Bertz CT molecular complexity index is 379. The number of hydrogen-bond donors (Lipinski definition) is 1. The molecular formula is C13H18ClNO2. The molecule has 1 aromatic rings. The zero-order valence-corrected chi connectivity index (χ0v) is 10.9. The minimum absolute atomic E-state index is 0.0127. The normalized spacial score (nSPS) is 10.6. The number of halogens is 1. The Balaban J connectivity index is 2.47. The number of rotatable bonds is 5. The van der Waals surface area contributed by atoms with E-state index in [1.54, 1.807) is 0 Å². The molecule has 0 aliphatic carbocycles. The van der Waals surface area contributed by atoms with Gasteiger partial charge >= 0.3 is 6.09 Å². The minimum Gasteiger partial charge on any atom is -0.465 e. The summed E-state index contributed by atoms with van der Waals surface area (Å²) in [6.45, 7) is 4.30. The molecule has 0 aliphatic heterocycles. The van der Waals surface area contributed by atoms with Crippen molar-refractivity contribution in [3.8, 4) is 0 Å². The number of carbonyl (C=O) groups is 1. The summed E-state index contributed by atoms with van der Waals surface area (Å²) < 4.78 is 0. The largest absolute Gasteiger partial charge is 0.465 e. The van der Waals surface area contributed by atoms with Crippen LogP contribution in [0.4, 0.5) is 4.79 Å². The van der Waals surface area contributed by atoms with Crippen molar-refractivity contribution in [3.05, 3.63) is 34.9 Å². The molecule has 0 aromatic heterocycles. The maximum atomic E-state index is 11.0. The van der Waals surface area contributed by atoms with Crippen LogP contribution >= 0.6 is 11.6 Å². The van der Waals surface area contributed by atoms with E-state index < -0.39 is 6.09 Å². The molecule has 1 N–H and O–H groups in total. The average molecular weight is 256 g/mol. The molecule has 0 bridgehead atoms. The third-order valence-electron chi connectivity index (χ3n) is 2.67. The standard InChI is InChI=1S/C13H18ClNO2/c1-10(2)15(13(16)17)9-5-7-11-6-3-4-8-12(11)14/h3-4,6,8,10H,5,7,9H2,1-2H3,(H,16,17). The molecule has 0 saturated heterocycles. The van der Waals surface area contributed by atoms with Gasteiger partial charge in [-0.2, -0.15) is 0 Å². The third-order valence-corrected chi connectivity index (χ3v) is 3.04. The van der Waals surface area contributed by atoms with Gasteiger partial charge in [0.15, 0.2) is 0 Å². The van der Waals surface area contributed by atoms with Gasteiger partial charge in [-0.05, 0) is 38.3 Å². The molecule has 3 nitrogen and oxygen atoms in total. The van der Waals surface area contributed by atoms with E-state index in [-0.39, 0.29) is 6.04 Å². The maximum Gasteiger partial charge on any atom is 0.407 e. The fourth-order valence-electron chi connectivity index (χ4n) is 1.72. The number of nitrogens with zero attached hydrogens (tertiary/aromatic N) is 1. The van der Waals surface area contributed by atoms with Gasteiger partial charge in [0.05, 0.1) is 0 Å². The molecule has 0 heterocycles. The molecule has 0 atom stereocenters. The summed E-state index contributed by atoms with van der Waals surface area (Å²) in [5.41, 5.74) is 1.07. The average Bonchev–Trinajstić information content (AvgIpc) is 2.25. The number of hydrogen-bond acceptors (Lipinski definition) is 1. The number of carboxylic acid groups (broad SMARTS) is 1. The summed E-state index contributed by atoms with van der Waals surface area (Å²) in [7, 11) is 0. The molecule has 0 radical (unpaired) electrons. The highest BCUT2D eigenvalue weighted by Gasteiger charge is 2.14. The summed E-state index contributed by atoms with van der Waals surface area (Å²) in [4.78, 5) is 12.4. The molecule has 0 aliphatic rings. The molecule has 94 valence electrons. The molecule has 1 aromatic carbocycles. The second-order valence-corrected chi connectivity index (χ2v) is 4.67. The van der Waals surface area contributed by atoms with Crippen LogP contribution in [0.15, 0.2) is 24.3 Å².